The molecule has 0 unspecified atom stereocenters. The lowest BCUT2D eigenvalue weighted by atomic mass is 10.2. The highest BCUT2D eigenvalue weighted by atomic mass is 16.5. The number of rotatable bonds is 6. The van der Waals surface area contributed by atoms with Crippen molar-refractivity contribution in [2.45, 2.75) is 33.0 Å². The molecule has 0 bridgehead atoms. The summed E-state index contributed by atoms with van der Waals surface area (Å²) in [4.78, 5) is 6.87. The maximum Gasteiger partial charge on any atom is 0.213 e. The summed E-state index contributed by atoms with van der Waals surface area (Å²) in [7, 11) is 0. The molecular formula is C16H23N5O2. The van der Waals surface area contributed by atoms with Gasteiger partial charge in [0.05, 0.1) is 18.9 Å². The molecule has 124 valence electrons. The van der Waals surface area contributed by atoms with Crippen molar-refractivity contribution < 1.29 is 9.47 Å². The summed E-state index contributed by atoms with van der Waals surface area (Å²) in [5.41, 5.74) is 1.01. The Balaban J connectivity index is 1.66. The Hall–Kier alpha value is -1.99. The molecule has 23 heavy (non-hydrogen) atoms. The maximum atomic E-state index is 5.88. The van der Waals surface area contributed by atoms with Gasteiger partial charge in [0.2, 0.25) is 5.88 Å². The zero-order chi connectivity index (χ0) is 16.1. The van der Waals surface area contributed by atoms with Crippen molar-refractivity contribution in [1.29, 1.82) is 0 Å². The summed E-state index contributed by atoms with van der Waals surface area (Å²) in [6.45, 7) is 8.66. The first-order valence-electron chi connectivity index (χ1n) is 8.10. The quantitative estimate of drug-likeness (QED) is 0.807. The summed E-state index contributed by atoms with van der Waals surface area (Å²) < 4.78 is 13.4. The molecule has 3 rings (SSSR count). The zero-order valence-electron chi connectivity index (χ0n) is 13.7. The molecule has 1 saturated heterocycles. The maximum absolute atomic E-state index is 5.88. The van der Waals surface area contributed by atoms with Gasteiger partial charge in [0.1, 0.15) is 12.4 Å². The Bertz CT molecular complexity index is 630. The fourth-order valence-corrected chi connectivity index (χ4v) is 2.76. The lowest BCUT2D eigenvalue weighted by molar-refractivity contribution is -0.0392. The van der Waals surface area contributed by atoms with Gasteiger partial charge in [-0.25, -0.2) is 4.98 Å². The molecule has 0 aliphatic carbocycles. The van der Waals surface area contributed by atoms with Crippen LogP contribution in [0, 0.1) is 0 Å². The highest BCUT2D eigenvalue weighted by molar-refractivity contribution is 5.15. The van der Waals surface area contributed by atoms with Crippen molar-refractivity contribution in [3.05, 3.63) is 36.0 Å². The molecular weight excluding hydrogens is 294 g/mol. The molecule has 0 N–H and O–H groups in total. The molecule has 3 heterocycles. The van der Waals surface area contributed by atoms with E-state index in [-0.39, 0.29) is 6.10 Å². The van der Waals surface area contributed by atoms with E-state index in [4.69, 9.17) is 9.47 Å². The Kier molecular flexibility index (Phi) is 5.19. The second-order valence-corrected chi connectivity index (χ2v) is 5.47. The van der Waals surface area contributed by atoms with E-state index in [9.17, 15) is 0 Å². The predicted octanol–water partition coefficient (Wildman–Crippen LogP) is 1.67. The van der Waals surface area contributed by atoms with Crippen LogP contribution >= 0.6 is 0 Å². The summed E-state index contributed by atoms with van der Waals surface area (Å²) in [6, 6.07) is 5.90. The van der Waals surface area contributed by atoms with E-state index in [1.165, 1.54) is 0 Å². The van der Waals surface area contributed by atoms with E-state index in [1.54, 1.807) is 6.33 Å². The minimum Gasteiger partial charge on any atom is -0.478 e. The molecule has 7 heteroatoms. The average molecular weight is 317 g/mol. The van der Waals surface area contributed by atoms with Gasteiger partial charge in [-0.3, -0.25) is 4.90 Å². The average Bonchev–Trinajstić information content (AvgIpc) is 3.04. The van der Waals surface area contributed by atoms with E-state index in [2.05, 4.69) is 27.0 Å². The topological polar surface area (TPSA) is 65.3 Å². The molecule has 0 spiro atoms. The third-order valence-electron chi connectivity index (χ3n) is 3.88. The number of ether oxygens (including phenoxy) is 2. The number of hydrogen-bond acceptors (Lipinski definition) is 6. The van der Waals surface area contributed by atoms with Gasteiger partial charge in [-0.1, -0.05) is 6.07 Å². The Morgan fingerprint density at radius 2 is 2.26 bits per heavy atom. The first kappa shape index (κ1) is 15.9. The van der Waals surface area contributed by atoms with Crippen molar-refractivity contribution in [3.63, 3.8) is 0 Å². The lowest BCUT2D eigenvalue weighted by Crippen LogP contribution is -2.38. The van der Waals surface area contributed by atoms with E-state index < -0.39 is 0 Å². The van der Waals surface area contributed by atoms with Crippen LogP contribution in [0.2, 0.25) is 0 Å². The van der Waals surface area contributed by atoms with Crippen LogP contribution in [0.1, 0.15) is 31.5 Å². The summed E-state index contributed by atoms with van der Waals surface area (Å²) in [5.74, 6) is 1.58. The summed E-state index contributed by atoms with van der Waals surface area (Å²) in [6.07, 6.45) is 1.71. The Morgan fingerprint density at radius 3 is 3.09 bits per heavy atom. The van der Waals surface area contributed by atoms with Crippen LogP contribution in [-0.4, -0.2) is 51.0 Å². The number of nitrogens with zero attached hydrogens (tertiary/aromatic N) is 5. The monoisotopic (exact) mass is 317 g/mol. The molecule has 2 aromatic heterocycles. The van der Waals surface area contributed by atoms with Gasteiger partial charge in [-0.2, -0.15) is 0 Å². The molecule has 2 aromatic rings. The van der Waals surface area contributed by atoms with E-state index >= 15 is 0 Å². The number of hydrogen-bond donors (Lipinski definition) is 0. The normalized spacial score (nSPS) is 19.0. The number of aryl methyl sites for hydroxylation is 1. The van der Waals surface area contributed by atoms with Crippen molar-refractivity contribution in [2.75, 3.05) is 26.3 Å². The van der Waals surface area contributed by atoms with Gasteiger partial charge < -0.3 is 14.0 Å². The summed E-state index contributed by atoms with van der Waals surface area (Å²) in [5, 5.41) is 8.21. The molecule has 0 saturated carbocycles. The Morgan fingerprint density at radius 1 is 1.35 bits per heavy atom. The van der Waals surface area contributed by atoms with Gasteiger partial charge in [-0.05, 0) is 19.9 Å². The van der Waals surface area contributed by atoms with Crippen LogP contribution in [0.15, 0.2) is 24.5 Å². The molecule has 1 fully saturated rings. The van der Waals surface area contributed by atoms with Gasteiger partial charge in [0.25, 0.3) is 0 Å². The van der Waals surface area contributed by atoms with Crippen LogP contribution in [0.4, 0.5) is 0 Å². The second-order valence-electron chi connectivity index (χ2n) is 5.47. The third kappa shape index (κ3) is 3.86. The van der Waals surface area contributed by atoms with Crippen molar-refractivity contribution in [2.24, 2.45) is 0 Å². The van der Waals surface area contributed by atoms with Crippen LogP contribution in [0.3, 0.4) is 0 Å². The summed E-state index contributed by atoms with van der Waals surface area (Å²) >= 11 is 0. The standard InChI is InChI=1S/C16H23N5O2/c1-3-21-12-17-19-16(21)14-11-20(8-9-23-14)10-13-6-5-7-15(18-13)22-4-2/h5-7,12,14H,3-4,8-11H2,1-2H3/t14-/m1/s1. The van der Waals surface area contributed by atoms with Crippen molar-refractivity contribution >= 4 is 0 Å². The predicted molar refractivity (Wildman–Crippen MR) is 85.1 cm³/mol. The van der Waals surface area contributed by atoms with Crippen LogP contribution < -0.4 is 4.74 Å². The van der Waals surface area contributed by atoms with E-state index in [0.29, 0.717) is 19.1 Å². The molecule has 0 aromatic carbocycles. The Labute approximate surface area is 136 Å². The lowest BCUT2D eigenvalue weighted by Gasteiger charge is -2.32. The zero-order valence-corrected chi connectivity index (χ0v) is 13.7. The van der Waals surface area contributed by atoms with E-state index in [0.717, 1.165) is 37.7 Å². The number of morpholine rings is 1. The highest BCUT2D eigenvalue weighted by Gasteiger charge is 2.26. The molecule has 1 aliphatic heterocycles. The van der Waals surface area contributed by atoms with Crippen LogP contribution in [-0.2, 0) is 17.8 Å². The van der Waals surface area contributed by atoms with Crippen LogP contribution in [0.25, 0.3) is 0 Å². The fraction of sp³-hybridized carbons (Fsp3) is 0.562. The molecule has 7 nitrogen and oxygen atoms in total. The molecule has 1 aliphatic rings. The minimum atomic E-state index is -0.0405. The molecule has 0 radical (unpaired) electrons. The van der Waals surface area contributed by atoms with E-state index in [1.807, 2.05) is 29.7 Å². The molecule has 0 amide bonds. The van der Waals surface area contributed by atoms with Gasteiger partial charge >= 0.3 is 0 Å². The largest absolute Gasteiger partial charge is 0.478 e. The van der Waals surface area contributed by atoms with Crippen molar-refractivity contribution in [1.82, 2.24) is 24.6 Å². The van der Waals surface area contributed by atoms with Crippen LogP contribution in [0.5, 0.6) is 5.88 Å². The third-order valence-corrected chi connectivity index (χ3v) is 3.88. The number of pyridine rings is 1. The minimum absolute atomic E-state index is 0.0405. The smallest absolute Gasteiger partial charge is 0.213 e. The molecule has 1 atom stereocenters. The number of aromatic nitrogens is 4. The van der Waals surface area contributed by atoms with Gasteiger partial charge in [-0.15, -0.1) is 10.2 Å². The van der Waals surface area contributed by atoms with Gasteiger partial charge in [0, 0.05) is 32.2 Å². The SMILES string of the molecule is CCOc1cccc(CN2CCO[C@@H](c3nncn3CC)C2)n1. The van der Waals surface area contributed by atoms with Gasteiger partial charge in [0.15, 0.2) is 5.82 Å². The highest BCUT2D eigenvalue weighted by Crippen LogP contribution is 2.21. The second kappa shape index (κ2) is 7.52. The first-order valence-corrected chi connectivity index (χ1v) is 8.10. The van der Waals surface area contributed by atoms with Crippen molar-refractivity contribution in [3.8, 4) is 5.88 Å². The fourth-order valence-electron chi connectivity index (χ4n) is 2.76. The first-order chi connectivity index (χ1) is 11.3.